The molecule has 3 rings (SSSR count). The summed E-state index contributed by atoms with van der Waals surface area (Å²) in [5, 5.41) is 2.72. The average molecular weight is 453 g/mol. The molecule has 0 unspecified atom stereocenters. The summed E-state index contributed by atoms with van der Waals surface area (Å²) in [5.74, 6) is 0. The van der Waals surface area contributed by atoms with Crippen molar-refractivity contribution >= 4 is 29.2 Å². The number of rotatable bonds is 6. The van der Waals surface area contributed by atoms with Crippen LogP contribution in [0.5, 0.6) is 0 Å². The molecule has 2 heterocycles. The summed E-state index contributed by atoms with van der Waals surface area (Å²) in [6.45, 7) is 6.53. The number of nitrogens with zero attached hydrogens (tertiary/aromatic N) is 3. The minimum Gasteiger partial charge on any atom is -0.447 e. The molecule has 0 fully saturated rings. The van der Waals surface area contributed by atoms with Crippen molar-refractivity contribution in [3.63, 3.8) is 0 Å². The van der Waals surface area contributed by atoms with Gasteiger partial charge in [0.05, 0.1) is 24.7 Å². The predicted octanol–water partition coefficient (Wildman–Crippen LogP) is 5.79. The van der Waals surface area contributed by atoms with E-state index in [0.29, 0.717) is 18.9 Å². The van der Waals surface area contributed by atoms with Gasteiger partial charge in [-0.05, 0) is 68.4 Å². The summed E-state index contributed by atoms with van der Waals surface area (Å²) in [6, 6.07) is 8.09. The first-order valence-corrected chi connectivity index (χ1v) is 10.4. The van der Waals surface area contributed by atoms with Crippen LogP contribution in [0.25, 0.3) is 0 Å². The number of nitrogens with one attached hydrogen (secondary N) is 1. The zero-order valence-electron chi connectivity index (χ0n) is 17.3. The number of halogens is 3. The first kappa shape index (κ1) is 22.8. The molecule has 0 spiro atoms. The van der Waals surface area contributed by atoms with Crippen LogP contribution in [0.3, 0.4) is 0 Å². The Morgan fingerprint density at radius 3 is 2.61 bits per heavy atom. The van der Waals surface area contributed by atoms with Gasteiger partial charge < -0.3 is 14.5 Å². The second kappa shape index (κ2) is 9.51. The molecule has 0 saturated heterocycles. The van der Waals surface area contributed by atoms with Crippen molar-refractivity contribution in [2.75, 3.05) is 16.9 Å². The number of thioether (sulfide) groups is 1. The lowest BCUT2D eigenvalue weighted by atomic mass is 10.2. The minimum atomic E-state index is -4.31. The zero-order valence-corrected chi connectivity index (χ0v) is 18.1. The lowest BCUT2D eigenvalue weighted by Gasteiger charge is -2.24. The van der Waals surface area contributed by atoms with Crippen LogP contribution >= 0.6 is 11.8 Å². The fourth-order valence-electron chi connectivity index (χ4n) is 3.05. The Balaban J connectivity index is 1.66. The zero-order chi connectivity index (χ0) is 22.6. The van der Waals surface area contributed by atoms with Gasteiger partial charge in [0.25, 0.3) is 0 Å². The maximum Gasteiger partial charge on any atom is 0.446 e. The number of carbonyl (C=O) groups excluding carboxylic acids is 1. The molecule has 1 aliphatic rings. The molecular formula is C21H23F3N4O2S. The topological polar surface area (TPSA) is 57.7 Å². The van der Waals surface area contributed by atoms with E-state index in [1.54, 1.807) is 38.4 Å². The number of aromatic nitrogens is 1. The number of carbonyl (C=O) groups is 1. The quantitative estimate of drug-likeness (QED) is 0.560. The van der Waals surface area contributed by atoms with Crippen molar-refractivity contribution < 1.29 is 22.7 Å². The molecule has 0 atom stereocenters. The lowest BCUT2D eigenvalue weighted by molar-refractivity contribution is -0.0328. The minimum absolute atomic E-state index is 0.130. The number of hydrogen-bond acceptors (Lipinski definition) is 6. The summed E-state index contributed by atoms with van der Waals surface area (Å²) >= 11 is -0.130. The van der Waals surface area contributed by atoms with Crippen LogP contribution in [0.15, 0.2) is 59.5 Å². The first-order chi connectivity index (χ1) is 14.6. The molecule has 10 heteroatoms. The Labute approximate surface area is 183 Å². The molecule has 1 aromatic carbocycles. The number of alkyl halides is 3. The second-order valence-corrected chi connectivity index (χ2v) is 8.37. The van der Waals surface area contributed by atoms with Crippen molar-refractivity contribution in [2.45, 2.75) is 43.8 Å². The molecule has 1 aliphatic heterocycles. The lowest BCUT2D eigenvalue weighted by Crippen LogP contribution is -2.27. The van der Waals surface area contributed by atoms with Crippen LogP contribution < -0.4 is 10.2 Å². The summed E-state index contributed by atoms with van der Waals surface area (Å²) in [6.07, 6.45) is 4.38. The van der Waals surface area contributed by atoms with Crippen molar-refractivity contribution in [1.82, 2.24) is 9.88 Å². The van der Waals surface area contributed by atoms with Gasteiger partial charge in [0.2, 0.25) is 0 Å². The third-order valence-corrected chi connectivity index (χ3v) is 5.16. The van der Waals surface area contributed by atoms with E-state index in [2.05, 4.69) is 15.2 Å². The molecule has 1 N–H and O–H groups in total. The van der Waals surface area contributed by atoms with Crippen molar-refractivity contribution in [2.24, 2.45) is 0 Å². The SMILES string of the molecule is CC1=CN(c2ccc(SC(F)(F)F)cc2)CN1Cc1ccncc1NC(=O)OC(C)C. The van der Waals surface area contributed by atoms with Gasteiger partial charge in [-0.15, -0.1) is 0 Å². The highest BCUT2D eigenvalue weighted by Gasteiger charge is 2.29. The number of amides is 1. The van der Waals surface area contributed by atoms with Crippen LogP contribution in [0.1, 0.15) is 26.3 Å². The third-order valence-electron chi connectivity index (χ3n) is 4.42. The van der Waals surface area contributed by atoms with E-state index in [4.69, 9.17) is 4.74 Å². The molecule has 0 radical (unpaired) electrons. The Hall–Kier alpha value is -2.88. The van der Waals surface area contributed by atoms with Gasteiger partial charge in [0.1, 0.15) is 0 Å². The molecule has 0 aliphatic carbocycles. The van der Waals surface area contributed by atoms with Crippen molar-refractivity contribution in [3.05, 3.63) is 60.2 Å². The number of allylic oxidation sites excluding steroid dienone is 1. The highest BCUT2D eigenvalue weighted by atomic mass is 32.2. The monoisotopic (exact) mass is 452 g/mol. The van der Waals surface area contributed by atoms with E-state index in [0.717, 1.165) is 16.9 Å². The average Bonchev–Trinajstić information content (AvgIpc) is 3.02. The van der Waals surface area contributed by atoms with Crippen LogP contribution in [0.4, 0.5) is 29.3 Å². The standard InChI is InChI=1S/C21H23F3N4O2S/c1-14(2)30-20(29)26-19-10-25-9-8-16(19)12-27-13-28(11-15(27)3)17-4-6-18(7-5-17)31-21(22,23)24/h4-11,14H,12-13H2,1-3H3,(H,26,29). The van der Waals surface area contributed by atoms with Gasteiger partial charge in [0, 0.05) is 35.2 Å². The predicted molar refractivity (Wildman–Crippen MR) is 114 cm³/mol. The second-order valence-electron chi connectivity index (χ2n) is 7.23. The van der Waals surface area contributed by atoms with Crippen LogP contribution in [-0.4, -0.2) is 34.3 Å². The van der Waals surface area contributed by atoms with Crippen LogP contribution in [0.2, 0.25) is 0 Å². The van der Waals surface area contributed by atoms with Gasteiger partial charge in [-0.2, -0.15) is 13.2 Å². The molecule has 6 nitrogen and oxygen atoms in total. The van der Waals surface area contributed by atoms with Crippen molar-refractivity contribution in [1.29, 1.82) is 0 Å². The molecule has 0 bridgehead atoms. The van der Waals surface area contributed by atoms with Gasteiger partial charge in [-0.3, -0.25) is 10.3 Å². The van der Waals surface area contributed by atoms with Gasteiger partial charge in [-0.25, -0.2) is 4.79 Å². The van der Waals surface area contributed by atoms with Gasteiger partial charge >= 0.3 is 11.6 Å². The van der Waals surface area contributed by atoms with E-state index >= 15 is 0 Å². The number of ether oxygens (including phenoxy) is 1. The normalized spacial score (nSPS) is 14.1. The molecule has 1 aromatic heterocycles. The van der Waals surface area contributed by atoms with Gasteiger partial charge in [-0.1, -0.05) is 0 Å². The molecular weight excluding hydrogens is 429 g/mol. The number of hydrogen-bond donors (Lipinski definition) is 1. The van der Waals surface area contributed by atoms with Gasteiger partial charge in [0.15, 0.2) is 0 Å². The summed E-state index contributed by atoms with van der Waals surface area (Å²) in [5.41, 5.74) is -1.10. The Bertz CT molecular complexity index is 948. The number of benzene rings is 1. The number of pyridine rings is 1. The first-order valence-electron chi connectivity index (χ1n) is 9.57. The fourth-order valence-corrected chi connectivity index (χ4v) is 3.59. The maximum atomic E-state index is 12.5. The third kappa shape index (κ3) is 6.55. The summed E-state index contributed by atoms with van der Waals surface area (Å²) in [4.78, 5) is 20.2. The van der Waals surface area contributed by atoms with E-state index in [9.17, 15) is 18.0 Å². The smallest absolute Gasteiger partial charge is 0.446 e. The highest BCUT2D eigenvalue weighted by Crippen LogP contribution is 2.37. The molecule has 166 valence electrons. The highest BCUT2D eigenvalue weighted by molar-refractivity contribution is 8.00. The Morgan fingerprint density at radius 2 is 1.97 bits per heavy atom. The van der Waals surface area contributed by atoms with E-state index in [-0.39, 0.29) is 22.8 Å². The van der Waals surface area contributed by atoms with Crippen LogP contribution in [-0.2, 0) is 11.3 Å². The van der Waals surface area contributed by atoms with Crippen molar-refractivity contribution in [3.8, 4) is 0 Å². The number of anilines is 2. The largest absolute Gasteiger partial charge is 0.447 e. The fraction of sp³-hybridized carbons (Fsp3) is 0.333. The molecule has 0 saturated carbocycles. The van der Waals surface area contributed by atoms with E-state index in [1.165, 1.54) is 12.1 Å². The van der Waals surface area contributed by atoms with E-state index in [1.807, 2.05) is 24.1 Å². The molecule has 31 heavy (non-hydrogen) atoms. The van der Waals surface area contributed by atoms with E-state index < -0.39 is 11.6 Å². The molecule has 1 amide bonds. The Morgan fingerprint density at radius 1 is 1.26 bits per heavy atom. The maximum absolute atomic E-state index is 12.5. The van der Waals surface area contributed by atoms with Crippen LogP contribution in [0, 0.1) is 0 Å². The Kier molecular flexibility index (Phi) is 6.99. The summed E-state index contributed by atoms with van der Waals surface area (Å²) < 4.78 is 42.7. The molecule has 2 aromatic rings. The summed E-state index contributed by atoms with van der Waals surface area (Å²) in [7, 11) is 0.